The molecule has 0 spiro atoms. The maximum Gasteiger partial charge on any atom is 0.242 e. The normalized spacial score (nSPS) is 12.2. The van der Waals surface area contributed by atoms with Crippen LogP contribution < -0.4 is 11.1 Å². The Morgan fingerprint density at radius 2 is 2.35 bits per heavy atom. The van der Waals surface area contributed by atoms with Gasteiger partial charge < -0.3 is 11.1 Å². The van der Waals surface area contributed by atoms with Crippen LogP contribution in [0.25, 0.3) is 0 Å². The number of amides is 1. The van der Waals surface area contributed by atoms with Crippen LogP contribution in [0.2, 0.25) is 0 Å². The lowest BCUT2D eigenvalue weighted by Gasteiger charge is -2.14. The van der Waals surface area contributed by atoms with E-state index in [0.29, 0.717) is 12.2 Å². The summed E-state index contributed by atoms with van der Waals surface area (Å²) in [6, 6.07) is 7.76. The topological polar surface area (TPSA) is 85.8 Å². The lowest BCUT2D eigenvalue weighted by atomic mass is 10.1. The van der Waals surface area contributed by atoms with Gasteiger partial charge in [0, 0.05) is 11.0 Å². The molecular weight excluding hydrogens is 322 g/mol. The molecule has 0 saturated carbocycles. The molecule has 20 heavy (non-hydrogen) atoms. The maximum absolute atomic E-state index is 11.9. The summed E-state index contributed by atoms with van der Waals surface area (Å²) < 4.78 is 2.46. The molecule has 0 unspecified atom stereocenters. The molecule has 1 amide bonds. The van der Waals surface area contributed by atoms with E-state index < -0.39 is 0 Å². The van der Waals surface area contributed by atoms with Crippen LogP contribution in [0, 0.1) is 0 Å². The Hall–Kier alpha value is -1.73. The quantitative estimate of drug-likeness (QED) is 0.862. The summed E-state index contributed by atoms with van der Waals surface area (Å²) in [5.74, 6) is -0.119. The number of hydrogen-bond donors (Lipinski definition) is 2. The number of nitrogens with zero attached hydrogens (tertiary/aromatic N) is 3. The second-order valence-electron chi connectivity index (χ2n) is 4.46. The van der Waals surface area contributed by atoms with E-state index in [1.54, 1.807) is 6.20 Å². The SMILES string of the molecule is C[C@@H](NC(=O)Cn1cc(CN)nn1)c1cccc(Br)c1. The van der Waals surface area contributed by atoms with Crippen molar-refractivity contribution in [1.29, 1.82) is 0 Å². The van der Waals surface area contributed by atoms with Crippen LogP contribution in [-0.4, -0.2) is 20.9 Å². The van der Waals surface area contributed by atoms with Crippen molar-refractivity contribution in [2.45, 2.75) is 26.1 Å². The van der Waals surface area contributed by atoms with Gasteiger partial charge >= 0.3 is 0 Å². The molecule has 1 heterocycles. The van der Waals surface area contributed by atoms with Crippen LogP contribution in [0.3, 0.4) is 0 Å². The van der Waals surface area contributed by atoms with Crippen molar-refractivity contribution >= 4 is 21.8 Å². The number of nitrogens with one attached hydrogen (secondary N) is 1. The molecule has 7 heteroatoms. The fourth-order valence-corrected chi connectivity index (χ4v) is 2.22. The molecule has 1 aromatic carbocycles. The molecule has 0 saturated heterocycles. The van der Waals surface area contributed by atoms with E-state index in [-0.39, 0.29) is 18.5 Å². The van der Waals surface area contributed by atoms with Crippen molar-refractivity contribution in [2.75, 3.05) is 0 Å². The summed E-state index contributed by atoms with van der Waals surface area (Å²) >= 11 is 3.41. The Labute approximate surface area is 125 Å². The minimum atomic E-state index is -0.119. The second kappa shape index (κ2) is 6.62. The summed E-state index contributed by atoms with van der Waals surface area (Å²) in [4.78, 5) is 11.9. The lowest BCUT2D eigenvalue weighted by Crippen LogP contribution is -2.30. The predicted molar refractivity (Wildman–Crippen MR) is 78.6 cm³/mol. The van der Waals surface area contributed by atoms with E-state index >= 15 is 0 Å². The predicted octanol–water partition coefficient (Wildman–Crippen LogP) is 1.38. The van der Waals surface area contributed by atoms with Crippen molar-refractivity contribution in [2.24, 2.45) is 5.73 Å². The van der Waals surface area contributed by atoms with Gasteiger partial charge in [-0.15, -0.1) is 5.10 Å². The number of aromatic nitrogens is 3. The van der Waals surface area contributed by atoms with Gasteiger partial charge in [-0.25, -0.2) is 4.68 Å². The number of halogens is 1. The van der Waals surface area contributed by atoms with E-state index in [1.807, 2.05) is 31.2 Å². The highest BCUT2D eigenvalue weighted by Crippen LogP contribution is 2.17. The van der Waals surface area contributed by atoms with Crippen LogP contribution in [0.5, 0.6) is 0 Å². The number of nitrogens with two attached hydrogens (primary N) is 1. The van der Waals surface area contributed by atoms with Gasteiger partial charge in [0.05, 0.1) is 17.9 Å². The fourth-order valence-electron chi connectivity index (χ4n) is 1.80. The smallest absolute Gasteiger partial charge is 0.242 e. The molecule has 0 radical (unpaired) electrons. The third-order valence-electron chi connectivity index (χ3n) is 2.83. The number of rotatable bonds is 5. The first-order chi connectivity index (χ1) is 9.58. The maximum atomic E-state index is 11.9. The lowest BCUT2D eigenvalue weighted by molar-refractivity contribution is -0.122. The molecule has 2 rings (SSSR count). The number of carbonyl (C=O) groups excluding carboxylic acids is 1. The number of carbonyl (C=O) groups is 1. The molecule has 0 aliphatic heterocycles. The van der Waals surface area contributed by atoms with Crippen molar-refractivity contribution < 1.29 is 4.79 Å². The van der Waals surface area contributed by atoms with Gasteiger partial charge in [0.1, 0.15) is 6.54 Å². The van der Waals surface area contributed by atoms with Gasteiger partial charge in [-0.3, -0.25) is 4.79 Å². The van der Waals surface area contributed by atoms with Crippen LogP contribution in [0.15, 0.2) is 34.9 Å². The zero-order chi connectivity index (χ0) is 14.5. The first-order valence-corrected chi connectivity index (χ1v) is 7.01. The van der Waals surface area contributed by atoms with Crippen molar-refractivity contribution in [1.82, 2.24) is 20.3 Å². The van der Waals surface area contributed by atoms with Gasteiger partial charge in [-0.2, -0.15) is 0 Å². The Balaban J connectivity index is 1.94. The number of hydrogen-bond acceptors (Lipinski definition) is 4. The summed E-state index contributed by atoms with van der Waals surface area (Å²) in [6.45, 7) is 2.38. The summed E-state index contributed by atoms with van der Waals surface area (Å²) in [7, 11) is 0. The molecule has 0 aliphatic rings. The highest BCUT2D eigenvalue weighted by molar-refractivity contribution is 9.10. The third-order valence-corrected chi connectivity index (χ3v) is 3.32. The van der Waals surface area contributed by atoms with Crippen LogP contribution in [0.1, 0.15) is 24.2 Å². The Bertz CT molecular complexity index is 598. The van der Waals surface area contributed by atoms with Crippen LogP contribution >= 0.6 is 15.9 Å². The van der Waals surface area contributed by atoms with Crippen molar-refractivity contribution in [3.8, 4) is 0 Å². The highest BCUT2D eigenvalue weighted by atomic mass is 79.9. The fraction of sp³-hybridized carbons (Fsp3) is 0.308. The van der Waals surface area contributed by atoms with Gasteiger partial charge in [0.2, 0.25) is 5.91 Å². The van der Waals surface area contributed by atoms with E-state index in [9.17, 15) is 4.79 Å². The largest absolute Gasteiger partial charge is 0.348 e. The van der Waals surface area contributed by atoms with Gasteiger partial charge in [0.15, 0.2) is 0 Å². The monoisotopic (exact) mass is 337 g/mol. The molecule has 0 bridgehead atoms. The van der Waals surface area contributed by atoms with Crippen molar-refractivity contribution in [3.05, 3.63) is 46.2 Å². The zero-order valence-corrected chi connectivity index (χ0v) is 12.7. The third kappa shape index (κ3) is 3.88. The van der Waals surface area contributed by atoms with E-state index in [4.69, 9.17) is 5.73 Å². The Kier molecular flexibility index (Phi) is 4.86. The van der Waals surface area contributed by atoms with E-state index in [2.05, 4.69) is 31.6 Å². The minimum Gasteiger partial charge on any atom is -0.348 e. The van der Waals surface area contributed by atoms with Gasteiger partial charge in [-0.1, -0.05) is 33.3 Å². The van der Waals surface area contributed by atoms with Crippen molar-refractivity contribution in [3.63, 3.8) is 0 Å². The Morgan fingerprint density at radius 1 is 1.55 bits per heavy atom. The van der Waals surface area contributed by atoms with Crippen LogP contribution in [0.4, 0.5) is 0 Å². The minimum absolute atomic E-state index is 0.0718. The molecule has 106 valence electrons. The summed E-state index contributed by atoms with van der Waals surface area (Å²) in [5.41, 5.74) is 7.14. The summed E-state index contributed by atoms with van der Waals surface area (Å²) in [6.07, 6.45) is 1.67. The molecule has 6 nitrogen and oxygen atoms in total. The molecule has 1 atom stereocenters. The van der Waals surface area contributed by atoms with E-state index in [0.717, 1.165) is 10.0 Å². The van der Waals surface area contributed by atoms with Gasteiger partial charge in [-0.05, 0) is 24.6 Å². The summed E-state index contributed by atoms with van der Waals surface area (Å²) in [5, 5.41) is 10.6. The molecule has 1 aromatic heterocycles. The molecule has 0 aliphatic carbocycles. The first-order valence-electron chi connectivity index (χ1n) is 6.22. The molecule has 0 fully saturated rings. The van der Waals surface area contributed by atoms with E-state index in [1.165, 1.54) is 4.68 Å². The molecule has 2 aromatic rings. The molecular formula is C13H16BrN5O. The number of benzene rings is 1. The standard InChI is InChI=1S/C13H16BrN5O/c1-9(10-3-2-4-11(14)5-10)16-13(20)8-19-7-12(6-15)17-18-19/h2-5,7,9H,6,8,15H2,1H3,(H,16,20)/t9-/m1/s1. The highest BCUT2D eigenvalue weighted by Gasteiger charge is 2.11. The average Bonchev–Trinajstić information content (AvgIpc) is 2.86. The average molecular weight is 338 g/mol. The Morgan fingerprint density at radius 3 is 3.00 bits per heavy atom. The molecule has 3 N–H and O–H groups in total. The van der Waals surface area contributed by atoms with Crippen LogP contribution in [-0.2, 0) is 17.9 Å². The first kappa shape index (κ1) is 14.7. The zero-order valence-electron chi connectivity index (χ0n) is 11.1. The van der Waals surface area contributed by atoms with Gasteiger partial charge in [0.25, 0.3) is 0 Å². The second-order valence-corrected chi connectivity index (χ2v) is 5.37.